The second-order valence-corrected chi connectivity index (χ2v) is 11.1. The molecule has 2 amide bonds. The third-order valence-corrected chi connectivity index (χ3v) is 8.44. The molecule has 0 saturated carbocycles. The van der Waals surface area contributed by atoms with E-state index in [9.17, 15) is 51.3 Å². The number of ether oxygens (including phenoxy) is 1. The Balaban J connectivity index is 2.21. The number of likely N-dealkylation sites (N-methyl/N-ethyl adjacent to an activating group) is 1. The molecule has 1 aromatic heterocycles. The number of carbonyl (C=O) groups is 2. The van der Waals surface area contributed by atoms with Crippen molar-refractivity contribution in [3.05, 3.63) is 38.4 Å². The number of aromatic nitrogens is 1. The van der Waals surface area contributed by atoms with Gasteiger partial charge in [-0.15, -0.1) is 11.3 Å². The molecule has 0 bridgehead atoms. The van der Waals surface area contributed by atoms with Crippen LogP contribution in [-0.4, -0.2) is 106 Å². The molecule has 9 nitrogen and oxygen atoms in total. The molecule has 1 fully saturated rings. The Bertz CT molecular complexity index is 1300. The van der Waals surface area contributed by atoms with Crippen LogP contribution in [0.25, 0.3) is 10.4 Å². The van der Waals surface area contributed by atoms with Gasteiger partial charge in [0.2, 0.25) is 0 Å². The number of hydrogen-bond acceptors (Lipinski definition) is 8. The standard InChI is InChI=1S/C24H25Cl2F6N3O6S/c1-3-34(6-7-41-2)20(38)17-18(42-19(33-17)21(39)35-9-11(36)8-12(37)10-35)13-4-5-14(16(26)15(13)25)22(40,23(27,28)29)24(30,31)32/h4-5,11-12,36-37,40H,3,6-10H2,1-2H3/t11-,12+. The van der Waals surface area contributed by atoms with Crippen molar-refractivity contribution in [2.45, 2.75) is 43.5 Å². The molecule has 1 aliphatic heterocycles. The molecule has 42 heavy (non-hydrogen) atoms. The van der Waals surface area contributed by atoms with Crippen LogP contribution in [0.15, 0.2) is 12.1 Å². The Morgan fingerprint density at radius 3 is 2.17 bits per heavy atom. The lowest BCUT2D eigenvalue weighted by Crippen LogP contribution is -2.54. The molecule has 3 N–H and O–H groups in total. The lowest BCUT2D eigenvalue weighted by molar-refractivity contribution is -0.376. The number of piperidine rings is 1. The number of halogens is 8. The number of β-amino-alcohol motifs (C(OH)–C–C–N with tert-alkyl or cyclic N) is 2. The average Bonchev–Trinajstić information content (AvgIpc) is 3.33. The molecule has 0 aliphatic carbocycles. The van der Waals surface area contributed by atoms with Gasteiger partial charge in [0.25, 0.3) is 17.4 Å². The average molecular weight is 668 g/mol. The third-order valence-electron chi connectivity index (χ3n) is 6.48. The molecular weight excluding hydrogens is 643 g/mol. The lowest BCUT2D eigenvalue weighted by atomic mass is 9.91. The molecule has 18 heteroatoms. The van der Waals surface area contributed by atoms with Gasteiger partial charge in [-0.25, -0.2) is 4.98 Å². The fourth-order valence-corrected chi connectivity index (χ4v) is 5.98. The first-order valence-corrected chi connectivity index (χ1v) is 13.7. The minimum atomic E-state index is -6.24. The highest BCUT2D eigenvalue weighted by molar-refractivity contribution is 7.17. The van der Waals surface area contributed by atoms with E-state index in [0.29, 0.717) is 17.4 Å². The van der Waals surface area contributed by atoms with Gasteiger partial charge >= 0.3 is 12.4 Å². The Kier molecular flexibility index (Phi) is 10.4. The summed E-state index contributed by atoms with van der Waals surface area (Å²) in [6, 6.07) is 0.976. The molecule has 0 radical (unpaired) electrons. The predicted octanol–water partition coefficient (Wildman–Crippen LogP) is 4.11. The van der Waals surface area contributed by atoms with Crippen molar-refractivity contribution in [1.29, 1.82) is 0 Å². The number of benzene rings is 1. The maximum atomic E-state index is 13.5. The topological polar surface area (TPSA) is 123 Å². The Labute approximate surface area is 249 Å². The van der Waals surface area contributed by atoms with Gasteiger partial charge in [-0.05, 0) is 6.92 Å². The van der Waals surface area contributed by atoms with Crippen LogP contribution in [0.2, 0.25) is 10.0 Å². The number of hydrogen-bond donors (Lipinski definition) is 3. The summed E-state index contributed by atoms with van der Waals surface area (Å²) in [7, 11) is 1.39. The van der Waals surface area contributed by atoms with Gasteiger partial charge in [-0.2, -0.15) is 26.3 Å². The number of carbonyl (C=O) groups excluding carboxylic acids is 2. The molecule has 1 saturated heterocycles. The highest BCUT2D eigenvalue weighted by Gasteiger charge is 2.72. The summed E-state index contributed by atoms with van der Waals surface area (Å²) >= 11 is 12.6. The van der Waals surface area contributed by atoms with Gasteiger partial charge in [0.05, 0.1) is 33.7 Å². The van der Waals surface area contributed by atoms with Crippen LogP contribution in [-0.2, 0) is 10.3 Å². The highest BCUT2D eigenvalue weighted by Crippen LogP contribution is 2.54. The Morgan fingerprint density at radius 1 is 1.10 bits per heavy atom. The number of aliphatic hydroxyl groups is 3. The van der Waals surface area contributed by atoms with Crippen LogP contribution in [0.5, 0.6) is 0 Å². The summed E-state index contributed by atoms with van der Waals surface area (Å²) in [5.74, 6) is -1.57. The van der Waals surface area contributed by atoms with Crippen molar-refractivity contribution < 1.29 is 56.0 Å². The third kappa shape index (κ3) is 6.49. The molecule has 234 valence electrons. The van der Waals surface area contributed by atoms with Crippen molar-refractivity contribution >= 4 is 46.4 Å². The Morgan fingerprint density at radius 2 is 1.67 bits per heavy atom. The Hall–Kier alpha value is -2.21. The maximum Gasteiger partial charge on any atom is 0.430 e. The van der Waals surface area contributed by atoms with Crippen molar-refractivity contribution in [2.75, 3.05) is 39.9 Å². The summed E-state index contributed by atoms with van der Waals surface area (Å²) < 4.78 is 86.1. The summed E-state index contributed by atoms with van der Waals surface area (Å²) in [5.41, 5.74) is -7.91. The first kappa shape index (κ1) is 34.3. The molecule has 2 atom stereocenters. The minimum absolute atomic E-state index is 0.0181. The number of nitrogens with zero attached hydrogens (tertiary/aromatic N) is 3. The first-order valence-electron chi connectivity index (χ1n) is 12.2. The SMILES string of the molecule is CCN(CCOC)C(=O)c1nc(C(=O)N2C[C@H](O)C[C@H](O)C2)sc1-c1ccc(C(O)(C(F)(F)F)C(F)(F)F)c(Cl)c1Cl. The molecule has 2 heterocycles. The zero-order valence-corrected chi connectivity index (χ0v) is 24.2. The number of likely N-dealkylation sites (tertiary alicyclic amines) is 1. The number of thiazole rings is 1. The van der Waals surface area contributed by atoms with Crippen molar-refractivity contribution in [3.63, 3.8) is 0 Å². The number of aliphatic hydroxyl groups excluding tert-OH is 2. The number of amides is 2. The van der Waals surface area contributed by atoms with E-state index >= 15 is 0 Å². The van der Waals surface area contributed by atoms with E-state index in [4.69, 9.17) is 27.9 Å². The fourth-order valence-electron chi connectivity index (χ4n) is 4.31. The van der Waals surface area contributed by atoms with Crippen LogP contribution in [0.4, 0.5) is 26.3 Å². The predicted molar refractivity (Wildman–Crippen MR) is 140 cm³/mol. The van der Waals surface area contributed by atoms with E-state index in [0.717, 1.165) is 4.90 Å². The summed E-state index contributed by atoms with van der Waals surface area (Å²) in [5, 5.41) is 27.3. The van der Waals surface area contributed by atoms with E-state index in [1.54, 1.807) is 6.92 Å². The van der Waals surface area contributed by atoms with Crippen LogP contribution < -0.4 is 0 Å². The van der Waals surface area contributed by atoms with E-state index in [2.05, 4.69) is 4.98 Å². The smallest absolute Gasteiger partial charge is 0.391 e. The number of methoxy groups -OCH3 is 1. The second kappa shape index (κ2) is 12.8. The minimum Gasteiger partial charge on any atom is -0.391 e. The summed E-state index contributed by atoms with van der Waals surface area (Å²) in [4.78, 5) is 33.0. The number of rotatable bonds is 8. The summed E-state index contributed by atoms with van der Waals surface area (Å²) in [6.45, 7) is 1.58. The van der Waals surface area contributed by atoms with Crippen molar-refractivity contribution in [1.82, 2.24) is 14.8 Å². The lowest BCUT2D eigenvalue weighted by Gasteiger charge is -2.33. The van der Waals surface area contributed by atoms with Gasteiger partial charge in [-0.3, -0.25) is 9.59 Å². The van der Waals surface area contributed by atoms with Gasteiger partial charge in [-0.1, -0.05) is 35.3 Å². The quantitative estimate of drug-likeness (QED) is 0.362. The van der Waals surface area contributed by atoms with Crippen LogP contribution in [0.1, 0.15) is 39.2 Å². The van der Waals surface area contributed by atoms with E-state index in [1.165, 1.54) is 12.0 Å². The van der Waals surface area contributed by atoms with Crippen LogP contribution in [0.3, 0.4) is 0 Å². The van der Waals surface area contributed by atoms with Crippen LogP contribution >= 0.6 is 34.5 Å². The molecule has 3 rings (SSSR count). The maximum absolute atomic E-state index is 13.5. The van der Waals surface area contributed by atoms with Gasteiger partial charge < -0.3 is 29.9 Å². The van der Waals surface area contributed by atoms with Gasteiger partial charge in [0.15, 0.2) is 5.01 Å². The zero-order chi connectivity index (χ0) is 31.8. The van der Waals surface area contributed by atoms with Gasteiger partial charge in [0.1, 0.15) is 5.69 Å². The van der Waals surface area contributed by atoms with Gasteiger partial charge in [0, 0.05) is 50.8 Å². The molecule has 1 aliphatic rings. The summed E-state index contributed by atoms with van der Waals surface area (Å²) in [6.07, 6.45) is -14.6. The first-order chi connectivity index (χ1) is 19.4. The van der Waals surface area contributed by atoms with Crippen molar-refractivity contribution in [3.8, 4) is 10.4 Å². The molecule has 0 unspecified atom stereocenters. The van der Waals surface area contributed by atoms with Crippen LogP contribution in [0, 0.1) is 0 Å². The van der Waals surface area contributed by atoms with E-state index < -0.39 is 63.3 Å². The largest absolute Gasteiger partial charge is 0.430 e. The normalized spacial score (nSPS) is 18.4. The zero-order valence-electron chi connectivity index (χ0n) is 21.9. The van der Waals surface area contributed by atoms with Crippen molar-refractivity contribution in [2.24, 2.45) is 0 Å². The van der Waals surface area contributed by atoms with E-state index in [-0.39, 0.29) is 60.7 Å². The number of alkyl halides is 6. The second-order valence-electron chi connectivity index (χ2n) is 9.32. The molecule has 0 spiro atoms. The molecule has 2 aromatic rings. The fraction of sp³-hybridized carbons (Fsp3) is 0.542. The molecular formula is C24H25Cl2F6N3O6S. The molecule has 1 aromatic carbocycles. The monoisotopic (exact) mass is 667 g/mol. The van der Waals surface area contributed by atoms with E-state index in [1.807, 2.05) is 0 Å². The highest BCUT2D eigenvalue weighted by atomic mass is 35.5.